The van der Waals surface area contributed by atoms with Gasteiger partial charge in [-0.05, 0) is 100 Å². The monoisotopic (exact) mass is 342 g/mol. The van der Waals surface area contributed by atoms with Crippen LogP contribution in [0.5, 0.6) is 0 Å². The highest BCUT2D eigenvalue weighted by Gasteiger charge is 2.62. The van der Waals surface area contributed by atoms with E-state index in [0.717, 1.165) is 36.0 Å². The summed E-state index contributed by atoms with van der Waals surface area (Å²) in [5, 5.41) is 0. The molecule has 0 saturated heterocycles. The lowest BCUT2D eigenvalue weighted by molar-refractivity contribution is -0.132. The number of carbonyl (C=O) groups is 1. The van der Waals surface area contributed by atoms with Crippen LogP contribution in [-0.4, -0.2) is 5.78 Å². The molecule has 25 heavy (non-hydrogen) atoms. The molecule has 4 aliphatic rings. The first-order valence-corrected chi connectivity index (χ1v) is 11.0. The van der Waals surface area contributed by atoms with E-state index in [1.807, 2.05) is 6.92 Å². The zero-order valence-electron chi connectivity index (χ0n) is 16.9. The molecule has 0 radical (unpaired) electrons. The van der Waals surface area contributed by atoms with Crippen molar-refractivity contribution in [3.05, 3.63) is 12.2 Å². The lowest BCUT2D eigenvalue weighted by Gasteiger charge is -2.61. The number of fused-ring (bicyclic) bond motifs is 5. The summed E-state index contributed by atoms with van der Waals surface area (Å²) in [6.07, 6.45) is 12.2. The number of Topliss-reactive ketones (excluding diaryl/α,β-unsaturated/α-hetero) is 1. The van der Waals surface area contributed by atoms with Gasteiger partial charge in [0, 0.05) is 11.3 Å². The summed E-state index contributed by atoms with van der Waals surface area (Å²) in [5.74, 6) is 5.06. The molecule has 4 aliphatic carbocycles. The van der Waals surface area contributed by atoms with Crippen molar-refractivity contribution >= 4 is 5.78 Å². The molecule has 1 heteroatoms. The van der Waals surface area contributed by atoms with Gasteiger partial charge in [0.2, 0.25) is 0 Å². The molecule has 4 fully saturated rings. The zero-order valence-corrected chi connectivity index (χ0v) is 16.9. The number of hydrogen-bond donors (Lipinski definition) is 0. The van der Waals surface area contributed by atoms with Crippen LogP contribution in [0.2, 0.25) is 0 Å². The van der Waals surface area contributed by atoms with Crippen LogP contribution in [0.1, 0.15) is 85.5 Å². The zero-order chi connectivity index (χ0) is 18.0. The van der Waals surface area contributed by atoms with Gasteiger partial charge in [0.1, 0.15) is 5.78 Å². The molecule has 8 atom stereocenters. The minimum absolute atomic E-state index is 0.137. The van der Waals surface area contributed by atoms with Gasteiger partial charge < -0.3 is 0 Å². The molecule has 140 valence electrons. The molecule has 0 aromatic rings. The second kappa shape index (κ2) is 5.96. The number of allylic oxidation sites excluding steroid dienone is 1. The summed E-state index contributed by atoms with van der Waals surface area (Å²) in [7, 11) is 0. The van der Waals surface area contributed by atoms with Crippen LogP contribution in [0.4, 0.5) is 0 Å². The second-order valence-electron chi connectivity index (χ2n) is 10.6. The molecule has 0 N–H and O–H groups in total. The first-order valence-electron chi connectivity index (χ1n) is 11.0. The van der Waals surface area contributed by atoms with Gasteiger partial charge in [-0.2, -0.15) is 0 Å². The third-order valence-corrected chi connectivity index (χ3v) is 9.73. The van der Waals surface area contributed by atoms with E-state index in [2.05, 4.69) is 27.4 Å². The summed E-state index contributed by atoms with van der Waals surface area (Å²) in [4.78, 5) is 12.5. The average Bonchev–Trinajstić information content (AvgIpc) is 2.96. The number of carbonyl (C=O) groups excluding carboxylic acids is 1. The highest BCUT2D eigenvalue weighted by Crippen LogP contribution is 2.69. The van der Waals surface area contributed by atoms with Crippen molar-refractivity contribution in [1.82, 2.24) is 0 Å². The number of rotatable bonds is 2. The molecule has 4 saturated carbocycles. The van der Waals surface area contributed by atoms with Crippen LogP contribution in [0, 0.1) is 46.3 Å². The van der Waals surface area contributed by atoms with Gasteiger partial charge in [0.25, 0.3) is 0 Å². The summed E-state index contributed by atoms with van der Waals surface area (Å²) < 4.78 is 0. The molecule has 0 aromatic heterocycles. The first-order chi connectivity index (χ1) is 11.8. The second-order valence-corrected chi connectivity index (χ2v) is 10.6. The van der Waals surface area contributed by atoms with Crippen LogP contribution in [0.3, 0.4) is 0 Å². The smallest absolute Gasteiger partial charge is 0.133 e. The highest BCUT2D eigenvalue weighted by molar-refractivity contribution is 5.80. The largest absolute Gasteiger partial charge is 0.300 e. The molecule has 1 nitrogen and oxygen atoms in total. The van der Waals surface area contributed by atoms with Gasteiger partial charge >= 0.3 is 0 Å². The minimum Gasteiger partial charge on any atom is -0.300 e. The fourth-order valence-electron chi connectivity index (χ4n) is 8.54. The summed E-state index contributed by atoms with van der Waals surface area (Å²) in [6, 6.07) is 0. The van der Waals surface area contributed by atoms with Crippen molar-refractivity contribution in [2.45, 2.75) is 85.5 Å². The van der Waals surface area contributed by atoms with E-state index < -0.39 is 0 Å². The SMILES string of the molecule is C=C(C)[C@]12CC[C@H]3[C@@H](CC[C@H]4C[C@H](C)CC[C@@]43C)[C@@H]1CC[C@@H]2C(C)=O. The third kappa shape index (κ3) is 2.36. The van der Waals surface area contributed by atoms with E-state index in [1.165, 1.54) is 56.9 Å². The van der Waals surface area contributed by atoms with Gasteiger partial charge in [0.15, 0.2) is 0 Å². The van der Waals surface area contributed by atoms with Crippen LogP contribution in [-0.2, 0) is 4.79 Å². The Bertz CT molecular complexity index is 577. The maximum Gasteiger partial charge on any atom is 0.133 e. The lowest BCUT2D eigenvalue weighted by atomic mass is 9.43. The van der Waals surface area contributed by atoms with Crippen molar-refractivity contribution in [1.29, 1.82) is 0 Å². The van der Waals surface area contributed by atoms with Gasteiger partial charge in [-0.3, -0.25) is 4.79 Å². The Labute approximate surface area is 155 Å². The molecule has 0 aliphatic heterocycles. The topological polar surface area (TPSA) is 17.1 Å². The molecular formula is C24H38O. The van der Waals surface area contributed by atoms with Crippen LogP contribution >= 0.6 is 0 Å². The number of hydrogen-bond acceptors (Lipinski definition) is 1. The molecule has 0 amide bonds. The molecule has 4 rings (SSSR count). The molecule has 0 heterocycles. The lowest BCUT2D eigenvalue weighted by Crippen LogP contribution is -2.54. The molecular weight excluding hydrogens is 304 g/mol. The average molecular weight is 343 g/mol. The summed E-state index contributed by atoms with van der Waals surface area (Å²) in [6.45, 7) is 13.6. The van der Waals surface area contributed by atoms with Crippen molar-refractivity contribution in [2.75, 3.05) is 0 Å². The van der Waals surface area contributed by atoms with Crippen molar-refractivity contribution in [3.63, 3.8) is 0 Å². The molecule has 0 spiro atoms. The van der Waals surface area contributed by atoms with E-state index >= 15 is 0 Å². The maximum atomic E-state index is 12.5. The fraction of sp³-hybridized carbons (Fsp3) is 0.875. The predicted octanol–water partition coefficient (Wildman–Crippen LogP) is 6.43. The molecule has 0 bridgehead atoms. The summed E-state index contributed by atoms with van der Waals surface area (Å²) in [5.41, 5.74) is 2.03. The Hall–Kier alpha value is -0.590. The van der Waals surface area contributed by atoms with E-state index in [-0.39, 0.29) is 11.3 Å². The quantitative estimate of drug-likeness (QED) is 0.529. The van der Waals surface area contributed by atoms with Crippen LogP contribution in [0.15, 0.2) is 12.2 Å². The van der Waals surface area contributed by atoms with Crippen LogP contribution < -0.4 is 0 Å². The van der Waals surface area contributed by atoms with E-state index in [1.54, 1.807) is 0 Å². The van der Waals surface area contributed by atoms with Crippen LogP contribution in [0.25, 0.3) is 0 Å². The van der Waals surface area contributed by atoms with Crippen molar-refractivity contribution < 1.29 is 4.79 Å². The third-order valence-electron chi connectivity index (χ3n) is 9.73. The number of ketones is 1. The Balaban J connectivity index is 1.67. The standard InChI is InChI=1S/C24H38O/c1-15(2)24-13-11-21-19(22(24)9-8-20(24)17(4)25)7-6-18-14-16(3)10-12-23(18,21)5/h16,18-22H,1,6-14H2,2-5H3/t16-,18+,19-,20-,21+,22+,23+,24+/m1/s1. The normalized spacial score (nSPS) is 52.0. The Morgan fingerprint density at radius 1 is 0.960 bits per heavy atom. The molecule has 0 aromatic carbocycles. The maximum absolute atomic E-state index is 12.5. The summed E-state index contributed by atoms with van der Waals surface area (Å²) >= 11 is 0. The van der Waals surface area contributed by atoms with Gasteiger partial charge in [0.05, 0.1) is 0 Å². The Morgan fingerprint density at radius 3 is 2.40 bits per heavy atom. The van der Waals surface area contributed by atoms with Gasteiger partial charge in [-0.1, -0.05) is 32.4 Å². The Kier molecular flexibility index (Phi) is 4.25. The van der Waals surface area contributed by atoms with E-state index in [9.17, 15) is 4.79 Å². The van der Waals surface area contributed by atoms with E-state index in [0.29, 0.717) is 11.2 Å². The molecule has 0 unspecified atom stereocenters. The van der Waals surface area contributed by atoms with Gasteiger partial charge in [-0.25, -0.2) is 0 Å². The predicted molar refractivity (Wildman–Crippen MR) is 104 cm³/mol. The fourth-order valence-corrected chi connectivity index (χ4v) is 8.54. The van der Waals surface area contributed by atoms with Gasteiger partial charge in [-0.15, -0.1) is 0 Å². The first kappa shape index (κ1) is 17.8. The van der Waals surface area contributed by atoms with Crippen molar-refractivity contribution in [2.24, 2.45) is 46.3 Å². The minimum atomic E-state index is 0.137. The highest BCUT2D eigenvalue weighted by atomic mass is 16.1. The van der Waals surface area contributed by atoms with Crippen molar-refractivity contribution in [3.8, 4) is 0 Å². The Morgan fingerprint density at radius 2 is 1.72 bits per heavy atom. The van der Waals surface area contributed by atoms with E-state index in [4.69, 9.17) is 0 Å².